The molecule has 9 heteroatoms. The van der Waals surface area contributed by atoms with E-state index in [9.17, 15) is 14.4 Å². The van der Waals surface area contributed by atoms with Gasteiger partial charge in [-0.25, -0.2) is 0 Å². The molecule has 3 aliphatic rings. The molecule has 0 bridgehead atoms. The van der Waals surface area contributed by atoms with Crippen LogP contribution in [0.4, 0.5) is 0 Å². The van der Waals surface area contributed by atoms with Crippen molar-refractivity contribution in [2.75, 3.05) is 13.2 Å². The highest BCUT2D eigenvalue weighted by atomic mass is 16.5. The summed E-state index contributed by atoms with van der Waals surface area (Å²) in [5, 5.41) is 13.5. The highest BCUT2D eigenvalue weighted by molar-refractivity contribution is 6.01. The number of H-pyrrole nitrogens is 1. The molecule has 2 aliphatic heterocycles. The second kappa shape index (κ2) is 7.46. The van der Waals surface area contributed by atoms with Gasteiger partial charge in [0.25, 0.3) is 5.91 Å². The number of likely N-dealkylation sites (tertiary alicyclic amines) is 1. The van der Waals surface area contributed by atoms with Crippen LogP contribution in [0.1, 0.15) is 43.0 Å². The summed E-state index contributed by atoms with van der Waals surface area (Å²) in [6.07, 6.45) is 3.62. The number of ketones is 1. The molecule has 4 atom stereocenters. The van der Waals surface area contributed by atoms with Crippen molar-refractivity contribution in [3.8, 4) is 0 Å². The van der Waals surface area contributed by atoms with E-state index in [1.54, 1.807) is 23.1 Å². The Balaban J connectivity index is 1.40. The average Bonchev–Trinajstić information content (AvgIpc) is 3.52. The van der Waals surface area contributed by atoms with Gasteiger partial charge in [0.15, 0.2) is 5.78 Å². The molecule has 2 amide bonds. The quantitative estimate of drug-likeness (QED) is 0.777. The van der Waals surface area contributed by atoms with Crippen LogP contribution in [0, 0.1) is 11.8 Å². The Kier molecular flexibility index (Phi) is 4.77. The molecular formula is C21H25N5O4. The number of amides is 2. The molecule has 0 radical (unpaired) electrons. The van der Waals surface area contributed by atoms with Crippen LogP contribution in [0.5, 0.6) is 0 Å². The molecule has 2 aromatic rings. The number of hydrogen-bond donors (Lipinski definition) is 2. The van der Waals surface area contributed by atoms with Crippen LogP contribution in [0.3, 0.4) is 0 Å². The zero-order valence-corrected chi connectivity index (χ0v) is 16.8. The van der Waals surface area contributed by atoms with E-state index in [0.717, 1.165) is 25.7 Å². The van der Waals surface area contributed by atoms with E-state index in [1.807, 2.05) is 6.92 Å². The first-order valence-corrected chi connectivity index (χ1v) is 10.6. The van der Waals surface area contributed by atoms with Crippen molar-refractivity contribution in [1.82, 2.24) is 25.6 Å². The highest BCUT2D eigenvalue weighted by Gasteiger charge is 2.52. The van der Waals surface area contributed by atoms with E-state index in [-0.39, 0.29) is 42.1 Å². The predicted octanol–water partition coefficient (Wildman–Crippen LogP) is 1.06. The molecule has 1 aliphatic carbocycles. The van der Waals surface area contributed by atoms with Gasteiger partial charge in [-0.05, 0) is 37.0 Å². The summed E-state index contributed by atoms with van der Waals surface area (Å²) in [5.74, 6) is -0.367. The Hall–Kier alpha value is -2.81. The van der Waals surface area contributed by atoms with Gasteiger partial charge < -0.3 is 15.0 Å². The molecule has 1 aromatic heterocycles. The molecular weight excluding hydrogens is 386 g/mol. The Morgan fingerprint density at radius 2 is 2.00 bits per heavy atom. The molecule has 3 fully saturated rings. The maximum atomic E-state index is 13.6. The van der Waals surface area contributed by atoms with Crippen LogP contribution in [-0.4, -0.2) is 69.2 Å². The Bertz CT molecular complexity index is 998. The molecule has 2 N–H and O–H groups in total. The molecule has 158 valence electrons. The van der Waals surface area contributed by atoms with Gasteiger partial charge in [-0.1, -0.05) is 19.8 Å². The molecule has 0 unspecified atom stereocenters. The fourth-order valence-corrected chi connectivity index (χ4v) is 5.18. The van der Waals surface area contributed by atoms with Crippen molar-refractivity contribution in [2.24, 2.45) is 11.8 Å². The molecule has 5 rings (SSSR count). The van der Waals surface area contributed by atoms with Gasteiger partial charge in [0.05, 0.1) is 6.10 Å². The SMILES string of the molecule is C[C@@H]1CN(C(=O)[C@@H](NC(=O)c2ccc3n[nH]nc3c2)C2CCCC2)[C@@H]2C(=O)CO[C@H]12. The number of nitrogens with zero attached hydrogens (tertiary/aromatic N) is 3. The summed E-state index contributed by atoms with van der Waals surface area (Å²) < 4.78 is 5.62. The van der Waals surface area contributed by atoms with Gasteiger partial charge >= 0.3 is 0 Å². The van der Waals surface area contributed by atoms with Crippen LogP contribution in [0.15, 0.2) is 18.2 Å². The third-order valence-corrected chi connectivity index (χ3v) is 6.73. The highest BCUT2D eigenvalue weighted by Crippen LogP contribution is 2.34. The normalized spacial score (nSPS) is 27.6. The smallest absolute Gasteiger partial charge is 0.252 e. The zero-order valence-electron chi connectivity index (χ0n) is 16.8. The van der Waals surface area contributed by atoms with E-state index in [2.05, 4.69) is 20.7 Å². The maximum Gasteiger partial charge on any atom is 0.252 e. The van der Waals surface area contributed by atoms with Crippen LogP contribution in [0.25, 0.3) is 11.0 Å². The number of nitrogens with one attached hydrogen (secondary N) is 2. The minimum absolute atomic E-state index is 0.0503. The Morgan fingerprint density at radius 1 is 1.23 bits per heavy atom. The average molecular weight is 411 g/mol. The lowest BCUT2D eigenvalue weighted by Crippen LogP contribution is -2.54. The van der Waals surface area contributed by atoms with E-state index in [1.165, 1.54) is 0 Å². The van der Waals surface area contributed by atoms with Gasteiger partial charge in [0, 0.05) is 18.0 Å². The van der Waals surface area contributed by atoms with Crippen molar-refractivity contribution >= 4 is 28.6 Å². The predicted molar refractivity (Wildman–Crippen MR) is 107 cm³/mol. The lowest BCUT2D eigenvalue weighted by Gasteiger charge is -2.30. The summed E-state index contributed by atoms with van der Waals surface area (Å²) in [4.78, 5) is 40.6. The van der Waals surface area contributed by atoms with Crippen LogP contribution < -0.4 is 5.32 Å². The van der Waals surface area contributed by atoms with Crippen LogP contribution in [-0.2, 0) is 14.3 Å². The van der Waals surface area contributed by atoms with Gasteiger partial charge in [0.1, 0.15) is 29.7 Å². The molecule has 1 aromatic carbocycles. The number of benzene rings is 1. The number of aromatic amines is 1. The van der Waals surface area contributed by atoms with Crippen LogP contribution >= 0.6 is 0 Å². The molecule has 0 spiro atoms. The van der Waals surface area contributed by atoms with Crippen molar-refractivity contribution in [2.45, 2.75) is 50.8 Å². The minimum Gasteiger partial charge on any atom is -0.367 e. The van der Waals surface area contributed by atoms with Crippen molar-refractivity contribution in [3.63, 3.8) is 0 Å². The number of Topliss-reactive ketones (excluding diaryl/α,β-unsaturated/α-hetero) is 1. The van der Waals surface area contributed by atoms with E-state index in [0.29, 0.717) is 23.1 Å². The summed E-state index contributed by atoms with van der Waals surface area (Å²) in [5.41, 5.74) is 1.70. The maximum absolute atomic E-state index is 13.6. The molecule has 9 nitrogen and oxygen atoms in total. The summed E-state index contributed by atoms with van der Waals surface area (Å²) >= 11 is 0. The van der Waals surface area contributed by atoms with Crippen LogP contribution in [0.2, 0.25) is 0 Å². The van der Waals surface area contributed by atoms with Gasteiger partial charge in [-0.2, -0.15) is 15.4 Å². The third-order valence-electron chi connectivity index (χ3n) is 6.73. The van der Waals surface area contributed by atoms with Gasteiger partial charge in [-0.3, -0.25) is 14.4 Å². The number of fused-ring (bicyclic) bond motifs is 2. The molecule has 1 saturated carbocycles. The monoisotopic (exact) mass is 411 g/mol. The molecule has 30 heavy (non-hydrogen) atoms. The summed E-state index contributed by atoms with van der Waals surface area (Å²) in [6.45, 7) is 2.53. The largest absolute Gasteiger partial charge is 0.367 e. The minimum atomic E-state index is -0.646. The van der Waals surface area contributed by atoms with Crippen molar-refractivity contribution in [3.05, 3.63) is 23.8 Å². The fraction of sp³-hybridized carbons (Fsp3) is 0.571. The van der Waals surface area contributed by atoms with Crippen molar-refractivity contribution in [1.29, 1.82) is 0 Å². The third kappa shape index (κ3) is 3.17. The lowest BCUT2D eigenvalue weighted by atomic mass is 9.95. The first-order chi connectivity index (χ1) is 14.5. The fourth-order valence-electron chi connectivity index (χ4n) is 5.18. The van der Waals surface area contributed by atoms with E-state index >= 15 is 0 Å². The second-order valence-electron chi connectivity index (χ2n) is 8.68. The number of rotatable bonds is 4. The van der Waals surface area contributed by atoms with E-state index in [4.69, 9.17) is 4.74 Å². The molecule has 3 heterocycles. The summed E-state index contributed by atoms with van der Waals surface area (Å²) in [7, 11) is 0. The number of aromatic nitrogens is 3. The first kappa shape index (κ1) is 19.2. The standard InChI is InChI=1S/C21H25N5O4/c1-11-9-26(18-16(27)10-30-19(11)18)21(29)17(12-4-2-3-5-12)22-20(28)13-6-7-14-15(8-13)24-25-23-14/h6-8,11-12,17-19H,2-5,9-10H2,1H3,(H,22,28)(H,23,24,25)/t11-,17+,18-,19-/m1/s1. The lowest BCUT2D eigenvalue weighted by molar-refractivity contribution is -0.139. The Labute approximate surface area is 173 Å². The zero-order chi connectivity index (χ0) is 20.8. The van der Waals surface area contributed by atoms with E-state index < -0.39 is 12.1 Å². The second-order valence-corrected chi connectivity index (χ2v) is 8.68. The van der Waals surface area contributed by atoms with Gasteiger partial charge in [0.2, 0.25) is 5.91 Å². The number of ether oxygens (including phenoxy) is 1. The Morgan fingerprint density at radius 3 is 2.80 bits per heavy atom. The topological polar surface area (TPSA) is 117 Å². The van der Waals surface area contributed by atoms with Crippen molar-refractivity contribution < 1.29 is 19.1 Å². The number of hydrogen-bond acceptors (Lipinski definition) is 6. The summed E-state index contributed by atoms with van der Waals surface area (Å²) in [6, 6.07) is 3.89. The van der Waals surface area contributed by atoms with Gasteiger partial charge in [-0.15, -0.1) is 0 Å². The molecule has 2 saturated heterocycles. The first-order valence-electron chi connectivity index (χ1n) is 10.6. The number of carbonyl (C=O) groups is 3. The number of carbonyl (C=O) groups excluding carboxylic acids is 3.